The number of benzene rings is 1. The number of aromatic nitrogens is 3. The van der Waals surface area contributed by atoms with Crippen LogP contribution in [0.1, 0.15) is 28.5 Å². The van der Waals surface area contributed by atoms with Gasteiger partial charge in [0, 0.05) is 25.2 Å². The first-order chi connectivity index (χ1) is 12.3. The van der Waals surface area contributed by atoms with Crippen LogP contribution in [-0.4, -0.2) is 19.9 Å². The van der Waals surface area contributed by atoms with E-state index in [4.69, 9.17) is 5.26 Å². The van der Waals surface area contributed by atoms with Gasteiger partial charge < -0.3 is 0 Å². The third kappa shape index (κ3) is 2.43. The van der Waals surface area contributed by atoms with Gasteiger partial charge in [0.15, 0.2) is 5.78 Å². The molecule has 0 atom stereocenters. The topological polar surface area (TPSA) is 97.8 Å². The lowest BCUT2D eigenvalue weighted by atomic mass is 9.93. The summed E-state index contributed by atoms with van der Waals surface area (Å²) in [6, 6.07) is 8.64. The number of rotatable bonds is 2. The van der Waals surface area contributed by atoms with Crippen LogP contribution < -0.4 is 11.2 Å². The standard InChI is InChI=1S/C19H16N4O3/c1-10-14(11(2)24)15(13-7-5-12(9-20)6-8-13)16-17(21-10)22(3)19(26)23(4)18(16)25/h5-8H,1-4H3. The van der Waals surface area contributed by atoms with Crippen molar-refractivity contribution in [1.82, 2.24) is 14.1 Å². The maximum absolute atomic E-state index is 12.9. The number of aryl methyl sites for hydroxylation is 2. The molecule has 0 saturated heterocycles. The summed E-state index contributed by atoms with van der Waals surface area (Å²) in [4.78, 5) is 41.8. The van der Waals surface area contributed by atoms with E-state index in [1.54, 1.807) is 31.2 Å². The summed E-state index contributed by atoms with van der Waals surface area (Å²) in [5, 5.41) is 9.20. The summed E-state index contributed by atoms with van der Waals surface area (Å²) < 4.78 is 2.29. The predicted molar refractivity (Wildman–Crippen MR) is 97.1 cm³/mol. The van der Waals surface area contributed by atoms with Crippen molar-refractivity contribution in [2.45, 2.75) is 13.8 Å². The Hall–Kier alpha value is -3.53. The van der Waals surface area contributed by atoms with Gasteiger partial charge in [-0.05, 0) is 31.5 Å². The highest BCUT2D eigenvalue weighted by Gasteiger charge is 2.22. The molecule has 2 heterocycles. The molecule has 130 valence electrons. The lowest BCUT2D eigenvalue weighted by Crippen LogP contribution is -2.38. The SMILES string of the molecule is CC(=O)c1c(C)nc2c(c1-c1ccc(C#N)cc1)c(=O)n(C)c(=O)n2C. The van der Waals surface area contributed by atoms with Gasteiger partial charge in [-0.2, -0.15) is 5.26 Å². The Balaban J connectivity index is 2.62. The van der Waals surface area contributed by atoms with Crippen LogP contribution in [0, 0.1) is 18.3 Å². The number of hydrogen-bond donors (Lipinski definition) is 0. The minimum absolute atomic E-state index is 0.204. The fourth-order valence-corrected chi connectivity index (χ4v) is 3.13. The van der Waals surface area contributed by atoms with Crippen molar-refractivity contribution < 1.29 is 4.79 Å². The first kappa shape index (κ1) is 17.3. The van der Waals surface area contributed by atoms with Crippen LogP contribution in [0.3, 0.4) is 0 Å². The molecular weight excluding hydrogens is 332 g/mol. The molecule has 7 nitrogen and oxygen atoms in total. The highest BCUT2D eigenvalue weighted by atomic mass is 16.2. The molecule has 3 rings (SSSR count). The normalized spacial score (nSPS) is 10.7. The van der Waals surface area contributed by atoms with Gasteiger partial charge in [0.05, 0.1) is 22.7 Å². The fraction of sp³-hybridized carbons (Fsp3) is 0.211. The van der Waals surface area contributed by atoms with Crippen LogP contribution in [0.4, 0.5) is 0 Å². The summed E-state index contributed by atoms with van der Waals surface area (Å²) >= 11 is 0. The summed E-state index contributed by atoms with van der Waals surface area (Å²) in [6.07, 6.45) is 0. The van der Waals surface area contributed by atoms with Crippen LogP contribution in [0.5, 0.6) is 0 Å². The molecule has 0 N–H and O–H groups in total. The number of fused-ring (bicyclic) bond motifs is 1. The maximum Gasteiger partial charge on any atom is 0.332 e. The van der Waals surface area contributed by atoms with Crippen molar-refractivity contribution in [2.24, 2.45) is 14.1 Å². The van der Waals surface area contributed by atoms with Gasteiger partial charge in [0.1, 0.15) is 5.65 Å². The van der Waals surface area contributed by atoms with Crippen molar-refractivity contribution >= 4 is 16.8 Å². The van der Waals surface area contributed by atoms with Crippen molar-refractivity contribution in [3.63, 3.8) is 0 Å². The van der Waals surface area contributed by atoms with Crippen molar-refractivity contribution in [3.05, 3.63) is 61.9 Å². The molecule has 0 aliphatic heterocycles. The molecule has 0 bridgehead atoms. The molecule has 0 fully saturated rings. The molecule has 26 heavy (non-hydrogen) atoms. The highest BCUT2D eigenvalue weighted by molar-refractivity contribution is 6.09. The summed E-state index contributed by atoms with van der Waals surface area (Å²) in [5.41, 5.74) is 1.49. The van der Waals surface area contributed by atoms with Gasteiger partial charge in [0.25, 0.3) is 5.56 Å². The number of pyridine rings is 1. The number of nitriles is 1. The van der Waals surface area contributed by atoms with E-state index >= 15 is 0 Å². The molecule has 0 saturated carbocycles. The molecule has 3 aromatic rings. The number of nitrogens with zero attached hydrogens (tertiary/aromatic N) is 4. The molecule has 0 aliphatic rings. The van der Waals surface area contributed by atoms with Gasteiger partial charge in [-0.15, -0.1) is 0 Å². The number of carbonyl (C=O) groups is 1. The minimum atomic E-state index is -0.516. The molecule has 2 aromatic heterocycles. The molecular formula is C19H16N4O3. The Morgan fingerprint density at radius 3 is 2.27 bits per heavy atom. The lowest BCUT2D eigenvalue weighted by molar-refractivity contribution is 0.101. The second kappa shape index (κ2) is 6.08. The second-order valence-corrected chi connectivity index (χ2v) is 6.10. The summed E-state index contributed by atoms with van der Waals surface area (Å²) in [5.74, 6) is -0.229. The van der Waals surface area contributed by atoms with E-state index in [-0.39, 0.29) is 16.8 Å². The van der Waals surface area contributed by atoms with E-state index in [1.165, 1.54) is 25.6 Å². The van der Waals surface area contributed by atoms with E-state index in [0.717, 1.165) is 4.57 Å². The van der Waals surface area contributed by atoms with Crippen molar-refractivity contribution in [3.8, 4) is 17.2 Å². The first-order valence-electron chi connectivity index (χ1n) is 7.89. The zero-order valence-corrected chi connectivity index (χ0v) is 14.8. The summed E-state index contributed by atoms with van der Waals surface area (Å²) in [7, 11) is 2.92. The molecule has 0 spiro atoms. The first-order valence-corrected chi connectivity index (χ1v) is 7.89. The number of ketones is 1. The van der Waals surface area contributed by atoms with Gasteiger partial charge in [0.2, 0.25) is 0 Å². The van der Waals surface area contributed by atoms with E-state index in [1.807, 2.05) is 6.07 Å². The molecule has 7 heteroatoms. The smallest absolute Gasteiger partial charge is 0.294 e. The second-order valence-electron chi connectivity index (χ2n) is 6.10. The molecule has 0 radical (unpaired) electrons. The van der Waals surface area contributed by atoms with Crippen LogP contribution in [-0.2, 0) is 14.1 Å². The highest BCUT2D eigenvalue weighted by Crippen LogP contribution is 2.31. The molecule has 1 aromatic carbocycles. The Morgan fingerprint density at radius 2 is 1.73 bits per heavy atom. The van der Waals surface area contributed by atoms with Gasteiger partial charge >= 0.3 is 5.69 Å². The molecule has 0 amide bonds. The summed E-state index contributed by atoms with van der Waals surface area (Å²) in [6.45, 7) is 3.08. The predicted octanol–water partition coefficient (Wildman–Crippen LogP) is 1.68. The van der Waals surface area contributed by atoms with Crippen LogP contribution in [0.2, 0.25) is 0 Å². The monoisotopic (exact) mass is 348 g/mol. The van der Waals surface area contributed by atoms with Crippen LogP contribution in [0.25, 0.3) is 22.2 Å². The van der Waals surface area contributed by atoms with E-state index < -0.39 is 11.2 Å². The Bertz CT molecular complexity index is 1230. The van der Waals surface area contributed by atoms with Gasteiger partial charge in [-0.25, -0.2) is 9.78 Å². The lowest BCUT2D eigenvalue weighted by Gasteiger charge is -2.16. The van der Waals surface area contributed by atoms with E-state index in [9.17, 15) is 14.4 Å². The minimum Gasteiger partial charge on any atom is -0.294 e. The largest absolute Gasteiger partial charge is 0.332 e. The average molecular weight is 348 g/mol. The van der Waals surface area contributed by atoms with Crippen molar-refractivity contribution in [2.75, 3.05) is 0 Å². The van der Waals surface area contributed by atoms with E-state index in [0.29, 0.717) is 27.9 Å². The van der Waals surface area contributed by atoms with Gasteiger partial charge in [-0.1, -0.05) is 12.1 Å². The molecule has 0 aliphatic carbocycles. The Kier molecular flexibility index (Phi) is 4.04. The number of carbonyl (C=O) groups excluding carboxylic acids is 1. The number of hydrogen-bond acceptors (Lipinski definition) is 5. The Labute approximate surface area is 148 Å². The van der Waals surface area contributed by atoms with Crippen LogP contribution in [0.15, 0.2) is 33.9 Å². The third-order valence-electron chi connectivity index (χ3n) is 4.42. The van der Waals surface area contributed by atoms with Gasteiger partial charge in [-0.3, -0.25) is 18.7 Å². The van der Waals surface area contributed by atoms with Crippen LogP contribution >= 0.6 is 0 Å². The zero-order chi connectivity index (χ0) is 19.2. The third-order valence-corrected chi connectivity index (χ3v) is 4.42. The van der Waals surface area contributed by atoms with Crippen molar-refractivity contribution in [1.29, 1.82) is 5.26 Å². The zero-order valence-electron chi connectivity index (χ0n) is 14.8. The Morgan fingerprint density at radius 1 is 1.12 bits per heavy atom. The maximum atomic E-state index is 12.9. The fourth-order valence-electron chi connectivity index (χ4n) is 3.13. The number of Topliss-reactive ketones (excluding diaryl/α,β-unsaturated/α-hetero) is 1. The van der Waals surface area contributed by atoms with E-state index in [2.05, 4.69) is 4.98 Å². The average Bonchev–Trinajstić information content (AvgIpc) is 2.63. The quantitative estimate of drug-likeness (QED) is 0.656. The molecule has 0 unspecified atom stereocenters.